The third-order valence-corrected chi connectivity index (χ3v) is 3.41. The van der Waals surface area contributed by atoms with Crippen molar-refractivity contribution in [1.82, 2.24) is 25.0 Å². The van der Waals surface area contributed by atoms with Gasteiger partial charge in [-0.05, 0) is 19.8 Å². The van der Waals surface area contributed by atoms with Crippen LogP contribution < -0.4 is 10.6 Å². The van der Waals surface area contributed by atoms with Crippen LogP contribution in [0.1, 0.15) is 36.0 Å². The first-order chi connectivity index (χ1) is 9.22. The Balaban J connectivity index is 1.51. The van der Waals surface area contributed by atoms with Crippen LogP contribution in [0, 0.1) is 6.92 Å². The number of amides is 2. The SMILES string of the molecule is Cc1nonc1CNC(=O)Nc1nc(C2CC2)ns1. The number of nitrogens with zero attached hydrogens (tertiary/aromatic N) is 4. The van der Waals surface area contributed by atoms with Crippen LogP contribution in [0.2, 0.25) is 0 Å². The van der Waals surface area contributed by atoms with Crippen molar-refractivity contribution in [3.63, 3.8) is 0 Å². The molecular weight excluding hydrogens is 268 g/mol. The van der Waals surface area contributed by atoms with Crippen molar-refractivity contribution in [1.29, 1.82) is 0 Å². The number of rotatable bonds is 4. The van der Waals surface area contributed by atoms with Gasteiger partial charge in [-0.3, -0.25) is 5.32 Å². The summed E-state index contributed by atoms with van der Waals surface area (Å²) in [6.07, 6.45) is 2.28. The highest BCUT2D eigenvalue weighted by Gasteiger charge is 2.28. The molecule has 100 valence electrons. The summed E-state index contributed by atoms with van der Waals surface area (Å²) >= 11 is 1.19. The molecule has 3 rings (SSSR count). The Morgan fingerprint density at radius 2 is 2.32 bits per heavy atom. The molecule has 2 aromatic heterocycles. The second kappa shape index (κ2) is 4.92. The molecule has 0 radical (unpaired) electrons. The van der Waals surface area contributed by atoms with E-state index in [4.69, 9.17) is 0 Å². The molecule has 0 saturated heterocycles. The summed E-state index contributed by atoms with van der Waals surface area (Å²) in [6, 6.07) is -0.346. The highest BCUT2D eigenvalue weighted by atomic mass is 32.1. The third-order valence-electron chi connectivity index (χ3n) is 2.77. The van der Waals surface area contributed by atoms with Crippen molar-refractivity contribution >= 4 is 22.7 Å². The largest absolute Gasteiger partial charge is 0.332 e. The van der Waals surface area contributed by atoms with Crippen molar-refractivity contribution in [2.24, 2.45) is 0 Å². The van der Waals surface area contributed by atoms with Crippen molar-refractivity contribution < 1.29 is 9.42 Å². The van der Waals surface area contributed by atoms with Crippen LogP contribution in [0.5, 0.6) is 0 Å². The van der Waals surface area contributed by atoms with Crippen LogP contribution in [0.4, 0.5) is 9.93 Å². The Morgan fingerprint density at radius 1 is 1.47 bits per heavy atom. The van der Waals surface area contributed by atoms with Gasteiger partial charge in [0.05, 0.1) is 6.54 Å². The zero-order valence-electron chi connectivity index (χ0n) is 10.2. The first kappa shape index (κ1) is 12.0. The lowest BCUT2D eigenvalue weighted by molar-refractivity contribution is 0.251. The van der Waals surface area contributed by atoms with Gasteiger partial charge >= 0.3 is 6.03 Å². The Hall–Kier alpha value is -2.03. The van der Waals surface area contributed by atoms with E-state index in [1.54, 1.807) is 6.92 Å². The van der Waals surface area contributed by atoms with Crippen LogP contribution in [0.3, 0.4) is 0 Å². The van der Waals surface area contributed by atoms with Crippen molar-refractivity contribution in [3.8, 4) is 0 Å². The molecule has 2 heterocycles. The quantitative estimate of drug-likeness (QED) is 0.877. The summed E-state index contributed by atoms with van der Waals surface area (Å²) in [4.78, 5) is 15.9. The second-order valence-corrected chi connectivity index (χ2v) is 5.09. The number of carbonyl (C=O) groups is 1. The number of aryl methyl sites for hydroxylation is 1. The molecule has 2 N–H and O–H groups in total. The van der Waals surface area contributed by atoms with Gasteiger partial charge in [0.15, 0.2) is 0 Å². The molecule has 0 aliphatic heterocycles. The summed E-state index contributed by atoms with van der Waals surface area (Å²) in [6.45, 7) is 2.02. The van der Waals surface area contributed by atoms with Crippen molar-refractivity contribution in [2.45, 2.75) is 32.2 Å². The van der Waals surface area contributed by atoms with E-state index >= 15 is 0 Å². The molecule has 0 bridgehead atoms. The molecule has 2 aromatic rings. The minimum absolute atomic E-state index is 0.259. The molecule has 9 heteroatoms. The Morgan fingerprint density at radius 3 is 3.00 bits per heavy atom. The zero-order chi connectivity index (χ0) is 13.2. The van der Waals surface area contributed by atoms with Crippen LogP contribution in [0.15, 0.2) is 4.63 Å². The summed E-state index contributed by atoms with van der Waals surface area (Å²) < 4.78 is 8.75. The van der Waals surface area contributed by atoms with E-state index in [9.17, 15) is 4.79 Å². The standard InChI is InChI=1S/C10H12N6O2S/c1-5-7(15-18-14-5)4-11-9(17)13-10-12-8(16-19-10)6-2-3-6/h6H,2-4H2,1H3,(H2,11,12,13,16,17). The first-order valence-electron chi connectivity index (χ1n) is 5.89. The van der Waals surface area contributed by atoms with Gasteiger partial charge in [0.1, 0.15) is 17.2 Å². The number of hydrogen-bond acceptors (Lipinski definition) is 7. The minimum Gasteiger partial charge on any atom is -0.332 e. The predicted molar refractivity (Wildman–Crippen MR) is 66.8 cm³/mol. The molecule has 0 atom stereocenters. The molecule has 8 nitrogen and oxygen atoms in total. The average molecular weight is 280 g/mol. The summed E-state index contributed by atoms with van der Waals surface area (Å²) in [7, 11) is 0. The number of anilines is 1. The highest BCUT2D eigenvalue weighted by Crippen LogP contribution is 2.39. The monoisotopic (exact) mass is 280 g/mol. The average Bonchev–Trinajstić information content (AvgIpc) is 3.01. The van der Waals surface area contributed by atoms with Crippen LogP contribution in [-0.2, 0) is 6.54 Å². The Labute approximate surface area is 112 Å². The van der Waals surface area contributed by atoms with E-state index in [0.29, 0.717) is 22.4 Å². The van der Waals surface area contributed by atoms with Gasteiger partial charge in [-0.25, -0.2) is 14.4 Å². The fourth-order valence-corrected chi connectivity index (χ4v) is 2.15. The molecule has 2 amide bonds. The van der Waals surface area contributed by atoms with Gasteiger partial charge in [-0.2, -0.15) is 4.37 Å². The molecule has 0 unspecified atom stereocenters. The Kier molecular flexibility index (Phi) is 3.11. The lowest BCUT2D eigenvalue weighted by Crippen LogP contribution is -2.28. The maximum atomic E-state index is 11.7. The molecular formula is C10H12N6O2S. The molecule has 1 fully saturated rings. The van der Waals surface area contributed by atoms with E-state index < -0.39 is 0 Å². The van der Waals surface area contributed by atoms with Gasteiger partial charge in [0.2, 0.25) is 5.13 Å². The van der Waals surface area contributed by atoms with E-state index in [2.05, 4.69) is 34.9 Å². The van der Waals surface area contributed by atoms with Crippen LogP contribution >= 0.6 is 11.5 Å². The second-order valence-electron chi connectivity index (χ2n) is 4.34. The van der Waals surface area contributed by atoms with Gasteiger partial charge in [0.25, 0.3) is 0 Å². The van der Waals surface area contributed by atoms with Gasteiger partial charge in [-0.15, -0.1) is 0 Å². The molecule has 0 spiro atoms. The number of hydrogen-bond donors (Lipinski definition) is 2. The topological polar surface area (TPSA) is 106 Å². The van der Waals surface area contributed by atoms with Gasteiger partial charge in [-0.1, -0.05) is 10.3 Å². The van der Waals surface area contributed by atoms with E-state index in [1.807, 2.05) is 0 Å². The summed E-state index contributed by atoms with van der Waals surface area (Å²) in [5.41, 5.74) is 1.26. The maximum Gasteiger partial charge on any atom is 0.321 e. The first-order valence-corrected chi connectivity index (χ1v) is 6.66. The number of carbonyl (C=O) groups excluding carboxylic acids is 1. The van der Waals surface area contributed by atoms with E-state index in [1.165, 1.54) is 11.5 Å². The molecule has 0 aromatic carbocycles. The highest BCUT2D eigenvalue weighted by molar-refractivity contribution is 7.09. The molecule has 1 aliphatic carbocycles. The van der Waals surface area contributed by atoms with E-state index in [0.717, 1.165) is 18.7 Å². The Bertz CT molecular complexity index is 590. The molecule has 1 saturated carbocycles. The number of aromatic nitrogens is 4. The predicted octanol–water partition coefficient (Wildman–Crippen LogP) is 1.43. The van der Waals surface area contributed by atoms with Crippen molar-refractivity contribution in [3.05, 3.63) is 17.2 Å². The van der Waals surface area contributed by atoms with Crippen LogP contribution in [0.25, 0.3) is 0 Å². The summed E-state index contributed by atoms with van der Waals surface area (Å²) in [5, 5.41) is 13.1. The smallest absolute Gasteiger partial charge is 0.321 e. The lowest BCUT2D eigenvalue weighted by atomic mass is 10.3. The molecule has 1 aliphatic rings. The number of nitrogens with one attached hydrogen (secondary N) is 2. The fraction of sp³-hybridized carbons (Fsp3) is 0.500. The van der Waals surface area contributed by atoms with Gasteiger partial charge < -0.3 is 5.32 Å². The van der Waals surface area contributed by atoms with Crippen molar-refractivity contribution in [2.75, 3.05) is 5.32 Å². The number of urea groups is 1. The van der Waals surface area contributed by atoms with Crippen LogP contribution in [-0.4, -0.2) is 25.7 Å². The fourth-order valence-electron chi connectivity index (χ4n) is 1.51. The minimum atomic E-state index is -0.346. The zero-order valence-corrected chi connectivity index (χ0v) is 11.0. The lowest BCUT2D eigenvalue weighted by Gasteiger charge is -2.02. The summed E-state index contributed by atoms with van der Waals surface area (Å²) in [5.74, 6) is 1.32. The van der Waals surface area contributed by atoms with E-state index in [-0.39, 0.29) is 12.6 Å². The molecule has 19 heavy (non-hydrogen) atoms. The third kappa shape index (κ3) is 2.87. The maximum absolute atomic E-state index is 11.7. The van der Waals surface area contributed by atoms with Gasteiger partial charge in [0, 0.05) is 17.5 Å². The normalized spacial score (nSPS) is 14.4.